The Hall–Kier alpha value is -1.87. The Morgan fingerprint density at radius 1 is 1.21 bits per heavy atom. The molecule has 1 aliphatic heterocycles. The number of esters is 1. The predicted molar refractivity (Wildman–Crippen MR) is 112 cm³/mol. The van der Waals surface area contributed by atoms with Crippen LogP contribution in [0.2, 0.25) is 18.1 Å². The lowest BCUT2D eigenvalue weighted by atomic mass is 10.2. The number of carbonyl (C=O) groups excluding carboxylic acids is 2. The largest absolute Gasteiger partial charge is 0.464 e. The van der Waals surface area contributed by atoms with Crippen LogP contribution in [0.25, 0.3) is 0 Å². The van der Waals surface area contributed by atoms with E-state index in [-0.39, 0.29) is 22.9 Å². The number of hydrogen-bond acceptors (Lipinski definition) is 6. The average Bonchev–Trinajstić information content (AvgIpc) is 3.17. The molecule has 164 valence electrons. The van der Waals surface area contributed by atoms with Gasteiger partial charge in [0.2, 0.25) is 0 Å². The minimum atomic E-state index is -2.01. The van der Waals surface area contributed by atoms with Crippen molar-refractivity contribution in [2.24, 2.45) is 0 Å². The van der Waals surface area contributed by atoms with Crippen molar-refractivity contribution in [1.82, 2.24) is 14.9 Å². The van der Waals surface area contributed by atoms with Crippen molar-refractivity contribution in [3.63, 3.8) is 0 Å². The molecular weight excluding hydrogens is 390 g/mol. The summed E-state index contributed by atoms with van der Waals surface area (Å²) in [6.07, 6.45) is 1.47. The second-order valence-electron chi connectivity index (χ2n) is 10.1. The highest BCUT2D eigenvalue weighted by molar-refractivity contribution is 6.74. The van der Waals surface area contributed by atoms with Crippen molar-refractivity contribution >= 4 is 20.4 Å². The van der Waals surface area contributed by atoms with Crippen LogP contribution in [0.3, 0.4) is 0 Å². The maximum Gasteiger partial charge on any atom is 0.411 e. The molecule has 0 unspecified atom stereocenters. The second kappa shape index (κ2) is 8.10. The van der Waals surface area contributed by atoms with Gasteiger partial charge in [0.25, 0.3) is 0 Å². The summed E-state index contributed by atoms with van der Waals surface area (Å²) in [5.74, 6) is 0.0252. The van der Waals surface area contributed by atoms with Gasteiger partial charge in [-0.05, 0) is 38.9 Å². The van der Waals surface area contributed by atoms with E-state index < -0.39 is 26.0 Å². The van der Waals surface area contributed by atoms with Crippen LogP contribution in [0.15, 0.2) is 6.20 Å². The molecule has 1 fully saturated rings. The van der Waals surface area contributed by atoms with Crippen LogP contribution in [-0.4, -0.2) is 60.6 Å². The molecule has 0 spiro atoms. The molecule has 2 atom stereocenters. The van der Waals surface area contributed by atoms with Crippen LogP contribution >= 0.6 is 0 Å². The van der Waals surface area contributed by atoms with E-state index in [1.807, 2.05) is 20.8 Å². The Morgan fingerprint density at radius 2 is 1.83 bits per heavy atom. The van der Waals surface area contributed by atoms with Crippen molar-refractivity contribution in [2.75, 3.05) is 13.7 Å². The maximum atomic E-state index is 12.9. The first-order valence-electron chi connectivity index (χ1n) is 9.95. The highest BCUT2D eigenvalue weighted by Crippen LogP contribution is 2.41. The third kappa shape index (κ3) is 5.60. The minimum Gasteiger partial charge on any atom is -0.464 e. The first-order valence-corrected chi connectivity index (χ1v) is 12.9. The number of nitrogens with one attached hydrogen (secondary N) is 1. The molecule has 1 aromatic heterocycles. The van der Waals surface area contributed by atoms with Crippen molar-refractivity contribution in [3.8, 4) is 0 Å². The Kier molecular flexibility index (Phi) is 6.54. The second-order valence-corrected chi connectivity index (χ2v) is 14.8. The van der Waals surface area contributed by atoms with Crippen molar-refractivity contribution < 1.29 is 23.5 Å². The number of hydrogen-bond donors (Lipinski definition) is 1. The van der Waals surface area contributed by atoms with E-state index in [0.29, 0.717) is 18.8 Å². The van der Waals surface area contributed by atoms with Crippen molar-refractivity contribution in [3.05, 3.63) is 17.7 Å². The number of aromatic amines is 1. The lowest BCUT2D eigenvalue weighted by Crippen LogP contribution is -2.45. The Labute approximate surface area is 174 Å². The molecule has 9 heteroatoms. The van der Waals surface area contributed by atoms with Gasteiger partial charge in [-0.15, -0.1) is 0 Å². The van der Waals surface area contributed by atoms with Gasteiger partial charge in [-0.1, -0.05) is 20.8 Å². The molecule has 1 saturated heterocycles. The number of carbonyl (C=O) groups is 2. The van der Waals surface area contributed by atoms with Crippen LogP contribution in [-0.2, 0) is 13.9 Å². The zero-order valence-electron chi connectivity index (χ0n) is 19.1. The van der Waals surface area contributed by atoms with Crippen molar-refractivity contribution in [1.29, 1.82) is 0 Å². The summed E-state index contributed by atoms with van der Waals surface area (Å²) in [7, 11) is -0.700. The van der Waals surface area contributed by atoms with Crippen LogP contribution in [0.5, 0.6) is 0 Å². The van der Waals surface area contributed by atoms with Crippen LogP contribution in [0, 0.1) is 0 Å². The molecule has 0 saturated carbocycles. The fourth-order valence-corrected chi connectivity index (χ4v) is 4.34. The molecule has 0 aliphatic carbocycles. The van der Waals surface area contributed by atoms with Gasteiger partial charge < -0.3 is 18.9 Å². The number of nitrogens with zero attached hydrogens (tertiary/aromatic N) is 2. The Balaban J connectivity index is 2.28. The van der Waals surface area contributed by atoms with E-state index in [2.05, 4.69) is 43.8 Å². The molecule has 2 heterocycles. The molecule has 0 bridgehead atoms. The number of methoxy groups -OCH3 is 1. The van der Waals surface area contributed by atoms with E-state index in [4.69, 9.17) is 13.9 Å². The first kappa shape index (κ1) is 23.4. The normalized spacial score (nSPS) is 20.7. The van der Waals surface area contributed by atoms with Gasteiger partial charge in [0, 0.05) is 13.0 Å². The predicted octanol–water partition coefficient (Wildman–Crippen LogP) is 4.27. The van der Waals surface area contributed by atoms with Crippen LogP contribution in [0.1, 0.15) is 70.3 Å². The van der Waals surface area contributed by atoms with E-state index in [1.165, 1.54) is 13.3 Å². The lowest BCUT2D eigenvalue weighted by molar-refractivity contribution is 0.0203. The molecular formula is C20H35N3O5Si. The highest BCUT2D eigenvalue weighted by atomic mass is 28.4. The smallest absolute Gasteiger partial charge is 0.411 e. The van der Waals surface area contributed by atoms with Gasteiger partial charge in [-0.3, -0.25) is 4.90 Å². The summed E-state index contributed by atoms with van der Waals surface area (Å²) in [6.45, 7) is 16.9. The molecule has 1 amide bonds. The molecule has 2 rings (SSSR count). The van der Waals surface area contributed by atoms with E-state index in [9.17, 15) is 9.59 Å². The molecule has 8 nitrogen and oxygen atoms in total. The zero-order valence-corrected chi connectivity index (χ0v) is 20.1. The van der Waals surface area contributed by atoms with Crippen molar-refractivity contribution in [2.45, 2.75) is 83.8 Å². The number of ether oxygens (including phenoxy) is 2. The summed E-state index contributed by atoms with van der Waals surface area (Å²) in [6, 6.07) is -0.363. The fraction of sp³-hybridized carbons (Fsp3) is 0.750. The van der Waals surface area contributed by atoms with Gasteiger partial charge in [-0.2, -0.15) is 0 Å². The maximum absolute atomic E-state index is 12.9. The number of H-pyrrole nitrogens is 1. The van der Waals surface area contributed by atoms with Crippen LogP contribution in [0.4, 0.5) is 4.79 Å². The summed E-state index contributed by atoms with van der Waals surface area (Å²) >= 11 is 0. The quantitative estimate of drug-likeness (QED) is 0.572. The molecule has 29 heavy (non-hydrogen) atoms. The third-order valence-corrected chi connectivity index (χ3v) is 10.0. The lowest BCUT2D eigenvalue weighted by Gasteiger charge is -2.38. The number of likely N-dealkylation sites (tertiary alicyclic amines) is 1. The number of aromatic nitrogens is 2. The summed E-state index contributed by atoms with van der Waals surface area (Å²) < 4.78 is 16.9. The number of rotatable bonds is 4. The van der Waals surface area contributed by atoms with E-state index in [1.54, 1.807) is 4.90 Å². The van der Waals surface area contributed by atoms with E-state index >= 15 is 0 Å². The summed E-state index contributed by atoms with van der Waals surface area (Å²) in [5, 5.41) is 0.0601. The zero-order chi connectivity index (χ0) is 22.2. The summed E-state index contributed by atoms with van der Waals surface area (Å²) in [4.78, 5) is 33.6. The number of amides is 1. The van der Waals surface area contributed by atoms with Gasteiger partial charge in [0.1, 0.15) is 17.1 Å². The molecule has 1 N–H and O–H groups in total. The number of imidazole rings is 1. The monoisotopic (exact) mass is 425 g/mol. The van der Waals surface area contributed by atoms with Gasteiger partial charge >= 0.3 is 12.1 Å². The molecule has 1 aromatic rings. The average molecular weight is 426 g/mol. The fourth-order valence-electron chi connectivity index (χ4n) is 2.98. The standard InChI is InChI=1S/C20H35N3O5Si/c1-19(2,3)27-18(25)23-12-13(28-29(8,9)20(4,5)6)10-15(23)16-21-11-14(22-16)17(24)26-7/h11,13,15H,10,12H2,1-9H3,(H,21,22)/t13-,15+/m1/s1. The van der Waals surface area contributed by atoms with E-state index in [0.717, 1.165) is 0 Å². The Bertz CT molecular complexity index is 748. The highest BCUT2D eigenvalue weighted by Gasteiger charge is 2.45. The Morgan fingerprint density at radius 3 is 2.34 bits per heavy atom. The topological polar surface area (TPSA) is 93.8 Å². The third-order valence-electron chi connectivity index (χ3n) is 5.47. The SMILES string of the molecule is COC(=O)c1cnc([C@@H]2C[C@@H](O[Si](C)(C)C(C)(C)C)CN2C(=O)OC(C)(C)C)[nH]1. The van der Waals surface area contributed by atoms with Gasteiger partial charge in [0.05, 0.1) is 25.5 Å². The van der Waals surface area contributed by atoms with Crippen LogP contribution < -0.4 is 0 Å². The van der Waals surface area contributed by atoms with Gasteiger partial charge in [0.15, 0.2) is 8.32 Å². The molecule has 0 aromatic carbocycles. The molecule has 1 aliphatic rings. The molecule has 0 radical (unpaired) electrons. The van der Waals surface area contributed by atoms with Gasteiger partial charge in [-0.25, -0.2) is 14.6 Å². The summed E-state index contributed by atoms with van der Waals surface area (Å²) in [5.41, 5.74) is -0.360. The minimum absolute atomic E-state index is 0.0601. The first-order chi connectivity index (χ1) is 13.1.